The summed E-state index contributed by atoms with van der Waals surface area (Å²) in [7, 11) is 0. The fraction of sp³-hybridized carbons (Fsp3) is 0.312. The Labute approximate surface area is 137 Å². The second-order valence-electron chi connectivity index (χ2n) is 5.56. The Morgan fingerprint density at radius 3 is 2.46 bits per heavy atom. The second-order valence-corrected chi connectivity index (χ2v) is 5.56. The molecule has 0 fully saturated rings. The number of amides is 1. The fourth-order valence-corrected chi connectivity index (χ4v) is 1.87. The van der Waals surface area contributed by atoms with E-state index in [-0.39, 0.29) is 23.1 Å². The molecule has 0 saturated carbocycles. The van der Waals surface area contributed by atoms with Crippen molar-refractivity contribution in [2.75, 3.05) is 11.9 Å². The van der Waals surface area contributed by atoms with Gasteiger partial charge in [-0.3, -0.25) is 4.79 Å². The lowest BCUT2D eigenvalue weighted by molar-refractivity contribution is -0.136. The Bertz CT molecular complexity index is 699. The molecule has 0 radical (unpaired) electrons. The van der Waals surface area contributed by atoms with Crippen LogP contribution in [0.15, 0.2) is 36.7 Å². The lowest BCUT2D eigenvalue weighted by Gasteiger charge is -2.13. The van der Waals surface area contributed by atoms with Gasteiger partial charge in [0.25, 0.3) is 5.91 Å². The lowest BCUT2D eigenvalue weighted by atomic mass is 10.1. The number of anilines is 2. The van der Waals surface area contributed by atoms with Crippen LogP contribution in [0.25, 0.3) is 0 Å². The van der Waals surface area contributed by atoms with E-state index in [0.29, 0.717) is 12.5 Å². The standard InChI is InChI=1S/C16H17F3N4O/c1-10(2)7-22-15(24)13-8-21-14(9-20-13)23-12-6-4-3-5-11(12)16(17,18)19/h3-6,8-10H,7H2,1-2H3,(H,21,23)(H,22,24). The first-order valence-electron chi connectivity index (χ1n) is 7.31. The Morgan fingerprint density at radius 2 is 1.88 bits per heavy atom. The maximum atomic E-state index is 12.9. The molecular formula is C16H17F3N4O. The van der Waals surface area contributed by atoms with E-state index in [1.54, 1.807) is 0 Å². The van der Waals surface area contributed by atoms with Crippen molar-refractivity contribution >= 4 is 17.4 Å². The normalized spacial score (nSPS) is 11.4. The van der Waals surface area contributed by atoms with Crippen LogP contribution < -0.4 is 10.6 Å². The lowest BCUT2D eigenvalue weighted by Crippen LogP contribution is -2.28. The van der Waals surface area contributed by atoms with Gasteiger partial charge in [-0.2, -0.15) is 13.2 Å². The van der Waals surface area contributed by atoms with Crippen LogP contribution in [-0.4, -0.2) is 22.4 Å². The van der Waals surface area contributed by atoms with Crippen LogP contribution in [0.2, 0.25) is 0 Å². The van der Waals surface area contributed by atoms with Crippen LogP contribution >= 0.6 is 0 Å². The summed E-state index contributed by atoms with van der Waals surface area (Å²) in [5, 5.41) is 5.26. The number of para-hydroxylation sites is 1. The Hall–Kier alpha value is -2.64. The van der Waals surface area contributed by atoms with Crippen molar-refractivity contribution in [1.82, 2.24) is 15.3 Å². The van der Waals surface area contributed by atoms with Gasteiger partial charge in [0.15, 0.2) is 0 Å². The number of nitrogens with one attached hydrogen (secondary N) is 2. The molecule has 0 spiro atoms. The van der Waals surface area contributed by atoms with E-state index in [0.717, 1.165) is 6.07 Å². The summed E-state index contributed by atoms with van der Waals surface area (Å²) in [5.74, 6) is 0.0345. The molecule has 2 aromatic rings. The van der Waals surface area contributed by atoms with Gasteiger partial charge in [-0.05, 0) is 18.1 Å². The van der Waals surface area contributed by atoms with Gasteiger partial charge < -0.3 is 10.6 Å². The van der Waals surface area contributed by atoms with E-state index in [4.69, 9.17) is 0 Å². The van der Waals surface area contributed by atoms with E-state index in [1.165, 1.54) is 30.6 Å². The van der Waals surface area contributed by atoms with Gasteiger partial charge in [-0.15, -0.1) is 0 Å². The van der Waals surface area contributed by atoms with E-state index >= 15 is 0 Å². The molecule has 24 heavy (non-hydrogen) atoms. The summed E-state index contributed by atoms with van der Waals surface area (Å²) >= 11 is 0. The number of nitrogens with zero attached hydrogens (tertiary/aromatic N) is 2. The third-order valence-corrected chi connectivity index (χ3v) is 3.05. The number of carbonyl (C=O) groups is 1. The Kier molecular flexibility index (Phi) is 5.38. The molecule has 1 aromatic carbocycles. The number of hydrogen-bond donors (Lipinski definition) is 2. The predicted molar refractivity (Wildman–Crippen MR) is 83.9 cm³/mol. The molecule has 0 bridgehead atoms. The summed E-state index contributed by atoms with van der Waals surface area (Å²) < 4.78 is 38.8. The summed E-state index contributed by atoms with van der Waals surface area (Å²) in [6, 6.07) is 5.07. The van der Waals surface area contributed by atoms with Crippen LogP contribution in [0.5, 0.6) is 0 Å². The number of halogens is 3. The van der Waals surface area contributed by atoms with Crippen LogP contribution in [0.3, 0.4) is 0 Å². The van der Waals surface area contributed by atoms with Gasteiger partial charge in [-0.1, -0.05) is 26.0 Å². The monoisotopic (exact) mass is 338 g/mol. The predicted octanol–water partition coefficient (Wildman–Crippen LogP) is 3.62. The molecule has 1 amide bonds. The average molecular weight is 338 g/mol. The van der Waals surface area contributed by atoms with Crippen molar-refractivity contribution in [2.45, 2.75) is 20.0 Å². The van der Waals surface area contributed by atoms with Crippen LogP contribution in [0.4, 0.5) is 24.7 Å². The molecular weight excluding hydrogens is 321 g/mol. The van der Waals surface area contributed by atoms with Gasteiger partial charge in [-0.25, -0.2) is 9.97 Å². The molecule has 2 N–H and O–H groups in total. The molecule has 0 aliphatic heterocycles. The molecule has 0 saturated heterocycles. The number of rotatable bonds is 5. The highest BCUT2D eigenvalue weighted by Gasteiger charge is 2.33. The number of benzene rings is 1. The number of hydrogen-bond acceptors (Lipinski definition) is 4. The minimum Gasteiger partial charge on any atom is -0.350 e. The molecule has 0 aliphatic carbocycles. The quantitative estimate of drug-likeness (QED) is 0.874. The summed E-state index contributed by atoms with van der Waals surface area (Å²) in [6.07, 6.45) is -2.04. The van der Waals surface area contributed by atoms with E-state index < -0.39 is 11.7 Å². The summed E-state index contributed by atoms with van der Waals surface area (Å²) in [5.41, 5.74) is -0.827. The maximum absolute atomic E-state index is 12.9. The second kappa shape index (κ2) is 7.29. The first-order chi connectivity index (χ1) is 11.3. The maximum Gasteiger partial charge on any atom is 0.418 e. The highest BCUT2D eigenvalue weighted by molar-refractivity contribution is 5.92. The largest absolute Gasteiger partial charge is 0.418 e. The zero-order valence-corrected chi connectivity index (χ0v) is 13.2. The average Bonchev–Trinajstić information content (AvgIpc) is 2.53. The highest BCUT2D eigenvalue weighted by atomic mass is 19.4. The third-order valence-electron chi connectivity index (χ3n) is 3.05. The first kappa shape index (κ1) is 17.7. The molecule has 0 unspecified atom stereocenters. The third kappa shape index (κ3) is 4.68. The Balaban J connectivity index is 2.12. The summed E-state index contributed by atoms with van der Waals surface area (Å²) in [4.78, 5) is 19.7. The van der Waals surface area contributed by atoms with E-state index in [2.05, 4.69) is 20.6 Å². The molecule has 1 aromatic heterocycles. The molecule has 2 rings (SSSR count). The van der Waals surface area contributed by atoms with Gasteiger partial charge in [0.05, 0.1) is 23.6 Å². The van der Waals surface area contributed by atoms with Crippen molar-refractivity contribution in [3.8, 4) is 0 Å². The number of alkyl halides is 3. The van der Waals surface area contributed by atoms with Crippen molar-refractivity contribution in [3.63, 3.8) is 0 Å². The zero-order chi connectivity index (χ0) is 17.7. The van der Waals surface area contributed by atoms with E-state index in [1.807, 2.05) is 13.8 Å². The molecule has 8 heteroatoms. The summed E-state index contributed by atoms with van der Waals surface area (Å²) in [6.45, 7) is 4.41. The number of carbonyl (C=O) groups excluding carboxylic acids is 1. The fourth-order valence-electron chi connectivity index (χ4n) is 1.87. The smallest absolute Gasteiger partial charge is 0.350 e. The van der Waals surface area contributed by atoms with Crippen molar-refractivity contribution in [3.05, 3.63) is 47.9 Å². The SMILES string of the molecule is CC(C)CNC(=O)c1cnc(Nc2ccccc2C(F)(F)F)cn1. The van der Waals surface area contributed by atoms with Crippen LogP contribution in [0.1, 0.15) is 29.9 Å². The van der Waals surface area contributed by atoms with Gasteiger partial charge >= 0.3 is 6.18 Å². The van der Waals surface area contributed by atoms with Crippen LogP contribution in [0, 0.1) is 5.92 Å². The van der Waals surface area contributed by atoms with Gasteiger partial charge in [0, 0.05) is 6.54 Å². The van der Waals surface area contributed by atoms with Crippen molar-refractivity contribution in [1.29, 1.82) is 0 Å². The van der Waals surface area contributed by atoms with Gasteiger partial charge in [0.2, 0.25) is 0 Å². The minimum atomic E-state index is -4.48. The Morgan fingerprint density at radius 1 is 1.17 bits per heavy atom. The zero-order valence-electron chi connectivity index (χ0n) is 13.2. The van der Waals surface area contributed by atoms with Crippen molar-refractivity contribution < 1.29 is 18.0 Å². The first-order valence-corrected chi connectivity index (χ1v) is 7.31. The molecule has 1 heterocycles. The van der Waals surface area contributed by atoms with E-state index in [9.17, 15) is 18.0 Å². The highest BCUT2D eigenvalue weighted by Crippen LogP contribution is 2.35. The number of aromatic nitrogens is 2. The van der Waals surface area contributed by atoms with Gasteiger partial charge in [0.1, 0.15) is 11.5 Å². The molecule has 0 atom stereocenters. The minimum absolute atomic E-state index is 0.102. The molecule has 128 valence electrons. The topological polar surface area (TPSA) is 66.9 Å². The molecule has 0 aliphatic rings. The molecule has 5 nitrogen and oxygen atoms in total. The van der Waals surface area contributed by atoms with Crippen molar-refractivity contribution in [2.24, 2.45) is 5.92 Å². The van der Waals surface area contributed by atoms with Crippen LogP contribution in [-0.2, 0) is 6.18 Å².